The summed E-state index contributed by atoms with van der Waals surface area (Å²) in [5, 5.41) is 5.53. The van der Waals surface area contributed by atoms with Crippen LogP contribution >= 0.6 is 0 Å². The maximum atomic E-state index is 12.3. The zero-order valence-electron chi connectivity index (χ0n) is 15.5. The molecule has 0 bridgehead atoms. The highest BCUT2D eigenvalue weighted by molar-refractivity contribution is 6.08. The van der Waals surface area contributed by atoms with Gasteiger partial charge in [0.2, 0.25) is 11.8 Å². The van der Waals surface area contributed by atoms with Crippen LogP contribution in [-0.4, -0.2) is 26.0 Å². The van der Waals surface area contributed by atoms with Crippen molar-refractivity contribution in [3.63, 3.8) is 0 Å². The number of ether oxygens (including phenoxy) is 2. The average Bonchev–Trinajstić information content (AvgIpc) is 2.63. The van der Waals surface area contributed by atoms with Crippen molar-refractivity contribution in [3.05, 3.63) is 47.5 Å². The number of aryl methyl sites for hydroxylation is 2. The number of anilines is 2. The van der Waals surface area contributed by atoms with Gasteiger partial charge in [-0.3, -0.25) is 9.59 Å². The minimum atomic E-state index is -0.419. The molecule has 2 aromatic rings. The molecule has 0 heterocycles. The zero-order chi connectivity index (χ0) is 19.1. The normalized spacial score (nSPS) is 10.2. The van der Waals surface area contributed by atoms with E-state index in [1.54, 1.807) is 25.3 Å². The van der Waals surface area contributed by atoms with Crippen LogP contribution in [0.3, 0.4) is 0 Å². The topological polar surface area (TPSA) is 76.7 Å². The van der Waals surface area contributed by atoms with Crippen molar-refractivity contribution >= 4 is 23.2 Å². The quantitative estimate of drug-likeness (QED) is 0.744. The molecule has 0 unspecified atom stereocenters. The second-order valence-electron chi connectivity index (χ2n) is 5.80. The van der Waals surface area contributed by atoms with Crippen LogP contribution in [0.2, 0.25) is 0 Å². The summed E-state index contributed by atoms with van der Waals surface area (Å²) in [6.07, 6.45) is 0.513. The predicted octanol–water partition coefficient (Wildman–Crippen LogP) is 3.54. The smallest absolute Gasteiger partial charge is 0.233 e. The average molecular weight is 356 g/mol. The van der Waals surface area contributed by atoms with Gasteiger partial charge in [-0.15, -0.1) is 0 Å². The van der Waals surface area contributed by atoms with Crippen molar-refractivity contribution < 1.29 is 19.1 Å². The molecular formula is C20H24N2O4. The first-order chi connectivity index (χ1) is 12.5. The van der Waals surface area contributed by atoms with Crippen LogP contribution in [-0.2, 0) is 16.0 Å². The number of hydrogen-bond acceptors (Lipinski definition) is 4. The summed E-state index contributed by atoms with van der Waals surface area (Å²) in [7, 11) is 3.05. The van der Waals surface area contributed by atoms with Gasteiger partial charge in [0.1, 0.15) is 17.9 Å². The number of carbonyl (C=O) groups excluding carboxylic acids is 2. The summed E-state index contributed by atoms with van der Waals surface area (Å²) in [6, 6.07) is 10.9. The number of nitrogens with one attached hydrogen (secondary N) is 2. The summed E-state index contributed by atoms with van der Waals surface area (Å²) in [5.74, 6) is 0.297. The number of methoxy groups -OCH3 is 2. The SMILES string of the molecule is CCc1cccc(C)c1NC(=O)CC(=O)Nc1ccc(OC)cc1OC. The third-order valence-corrected chi connectivity index (χ3v) is 4.01. The predicted molar refractivity (Wildman–Crippen MR) is 102 cm³/mol. The van der Waals surface area contributed by atoms with E-state index in [0.29, 0.717) is 17.2 Å². The van der Waals surface area contributed by atoms with Gasteiger partial charge in [-0.1, -0.05) is 25.1 Å². The van der Waals surface area contributed by atoms with E-state index in [2.05, 4.69) is 10.6 Å². The number of carbonyl (C=O) groups is 2. The molecule has 6 heteroatoms. The Morgan fingerprint density at radius 2 is 1.73 bits per heavy atom. The summed E-state index contributed by atoms with van der Waals surface area (Å²) < 4.78 is 10.4. The molecule has 2 amide bonds. The second-order valence-corrected chi connectivity index (χ2v) is 5.80. The molecule has 26 heavy (non-hydrogen) atoms. The van der Waals surface area contributed by atoms with Crippen LogP contribution < -0.4 is 20.1 Å². The lowest BCUT2D eigenvalue weighted by Gasteiger charge is -2.14. The fraction of sp³-hybridized carbons (Fsp3) is 0.300. The molecule has 0 saturated heterocycles. The summed E-state index contributed by atoms with van der Waals surface area (Å²) >= 11 is 0. The van der Waals surface area contributed by atoms with Crippen LogP contribution in [0.4, 0.5) is 11.4 Å². The maximum Gasteiger partial charge on any atom is 0.233 e. The van der Waals surface area contributed by atoms with Crippen LogP contribution in [0, 0.1) is 6.92 Å². The molecule has 0 aliphatic carbocycles. The van der Waals surface area contributed by atoms with Gasteiger partial charge >= 0.3 is 0 Å². The molecule has 2 aromatic carbocycles. The van der Waals surface area contributed by atoms with E-state index in [1.807, 2.05) is 32.0 Å². The van der Waals surface area contributed by atoms with E-state index in [9.17, 15) is 9.59 Å². The fourth-order valence-electron chi connectivity index (χ4n) is 2.63. The monoisotopic (exact) mass is 356 g/mol. The lowest BCUT2D eigenvalue weighted by atomic mass is 10.1. The molecule has 0 radical (unpaired) electrons. The van der Waals surface area contributed by atoms with Crippen molar-refractivity contribution in [2.45, 2.75) is 26.7 Å². The van der Waals surface area contributed by atoms with Crippen LogP contribution in [0.5, 0.6) is 11.5 Å². The molecule has 2 N–H and O–H groups in total. The van der Waals surface area contributed by atoms with Crippen LogP contribution in [0.1, 0.15) is 24.5 Å². The van der Waals surface area contributed by atoms with E-state index in [1.165, 1.54) is 7.11 Å². The molecule has 0 atom stereocenters. The van der Waals surface area contributed by atoms with Gasteiger partial charge in [-0.2, -0.15) is 0 Å². The van der Waals surface area contributed by atoms with E-state index < -0.39 is 5.91 Å². The first-order valence-corrected chi connectivity index (χ1v) is 8.38. The summed E-state index contributed by atoms with van der Waals surface area (Å²) in [5.41, 5.74) is 3.26. The molecular weight excluding hydrogens is 332 g/mol. The third-order valence-electron chi connectivity index (χ3n) is 4.01. The molecule has 0 spiro atoms. The van der Waals surface area contributed by atoms with Crippen LogP contribution in [0.25, 0.3) is 0 Å². The van der Waals surface area contributed by atoms with Crippen molar-refractivity contribution in [3.8, 4) is 11.5 Å². The Bertz CT molecular complexity index is 802. The molecule has 2 rings (SSSR count). The van der Waals surface area contributed by atoms with Gasteiger partial charge in [-0.25, -0.2) is 0 Å². The van der Waals surface area contributed by atoms with Crippen molar-refractivity contribution in [1.29, 1.82) is 0 Å². The summed E-state index contributed by atoms with van der Waals surface area (Å²) in [6.45, 7) is 3.95. The third kappa shape index (κ3) is 4.75. The lowest BCUT2D eigenvalue weighted by molar-refractivity contribution is -0.123. The number of hydrogen-bond donors (Lipinski definition) is 2. The minimum Gasteiger partial charge on any atom is -0.497 e. The van der Waals surface area contributed by atoms with Crippen molar-refractivity contribution in [2.75, 3.05) is 24.9 Å². The Morgan fingerprint density at radius 3 is 2.38 bits per heavy atom. The van der Waals surface area contributed by atoms with Gasteiger partial charge in [0.15, 0.2) is 0 Å². The standard InChI is InChI=1S/C20H24N2O4/c1-5-14-8-6-7-13(2)20(14)22-19(24)12-18(23)21-16-10-9-15(25-3)11-17(16)26-4/h6-11H,5,12H2,1-4H3,(H,21,23)(H,22,24). The first kappa shape index (κ1) is 19.3. The molecule has 0 saturated carbocycles. The van der Waals surface area contributed by atoms with E-state index in [-0.39, 0.29) is 12.3 Å². The van der Waals surface area contributed by atoms with E-state index in [4.69, 9.17) is 9.47 Å². The van der Waals surface area contributed by atoms with E-state index >= 15 is 0 Å². The van der Waals surface area contributed by atoms with Gasteiger partial charge in [0, 0.05) is 11.8 Å². The summed E-state index contributed by atoms with van der Waals surface area (Å²) in [4.78, 5) is 24.5. The first-order valence-electron chi connectivity index (χ1n) is 8.38. The maximum absolute atomic E-state index is 12.3. The highest BCUT2D eigenvalue weighted by Crippen LogP contribution is 2.29. The highest BCUT2D eigenvalue weighted by Gasteiger charge is 2.15. The van der Waals surface area contributed by atoms with Gasteiger partial charge < -0.3 is 20.1 Å². The Morgan fingerprint density at radius 1 is 1.00 bits per heavy atom. The Hall–Kier alpha value is -3.02. The number of amides is 2. The van der Waals surface area contributed by atoms with Crippen molar-refractivity contribution in [2.24, 2.45) is 0 Å². The van der Waals surface area contributed by atoms with Crippen molar-refractivity contribution in [1.82, 2.24) is 0 Å². The fourth-order valence-corrected chi connectivity index (χ4v) is 2.63. The van der Waals surface area contributed by atoms with Crippen LogP contribution in [0.15, 0.2) is 36.4 Å². The van der Waals surface area contributed by atoms with Gasteiger partial charge in [0.05, 0.1) is 19.9 Å². The molecule has 0 fully saturated rings. The highest BCUT2D eigenvalue weighted by atomic mass is 16.5. The number of rotatable bonds is 7. The Kier molecular flexibility index (Phi) is 6.60. The number of para-hydroxylation sites is 1. The minimum absolute atomic E-state index is 0.285. The lowest BCUT2D eigenvalue weighted by Crippen LogP contribution is -2.22. The van der Waals surface area contributed by atoms with E-state index in [0.717, 1.165) is 23.2 Å². The molecule has 6 nitrogen and oxygen atoms in total. The van der Waals surface area contributed by atoms with Gasteiger partial charge in [0.25, 0.3) is 0 Å². The Balaban J connectivity index is 2.03. The zero-order valence-corrected chi connectivity index (χ0v) is 15.5. The molecule has 0 aliphatic rings. The molecule has 138 valence electrons. The van der Waals surface area contributed by atoms with Gasteiger partial charge in [-0.05, 0) is 36.6 Å². The molecule has 0 aliphatic heterocycles. The number of benzene rings is 2. The Labute approximate surface area is 153 Å². The molecule has 0 aromatic heterocycles. The second kappa shape index (κ2) is 8.89. The largest absolute Gasteiger partial charge is 0.497 e.